The summed E-state index contributed by atoms with van der Waals surface area (Å²) in [5.74, 6) is 0.522. The van der Waals surface area contributed by atoms with E-state index in [0.717, 1.165) is 31.5 Å². The second-order valence-corrected chi connectivity index (χ2v) is 6.24. The number of ether oxygens (including phenoxy) is 1. The summed E-state index contributed by atoms with van der Waals surface area (Å²) in [5.41, 5.74) is 2.21. The number of methoxy groups -OCH3 is 1. The third-order valence-corrected chi connectivity index (χ3v) is 4.17. The van der Waals surface area contributed by atoms with Crippen LogP contribution < -0.4 is 10.1 Å². The van der Waals surface area contributed by atoms with Crippen LogP contribution in [0.5, 0.6) is 5.75 Å². The molecule has 1 aliphatic rings. The minimum Gasteiger partial charge on any atom is -0.495 e. The number of benzene rings is 1. The van der Waals surface area contributed by atoms with Gasteiger partial charge in [0.05, 0.1) is 7.11 Å². The number of nitrogens with one attached hydrogen (secondary N) is 1. The smallest absolute Gasteiger partial charge is 0.179 e. The lowest BCUT2D eigenvalue weighted by molar-refractivity contribution is 0.397. The number of halogens is 1. The fourth-order valence-corrected chi connectivity index (χ4v) is 3.09. The summed E-state index contributed by atoms with van der Waals surface area (Å²) in [7, 11) is -1.71. The van der Waals surface area contributed by atoms with Gasteiger partial charge in [-0.15, -0.1) is 12.4 Å². The van der Waals surface area contributed by atoms with Crippen LogP contribution in [0.1, 0.15) is 11.1 Å². The summed E-state index contributed by atoms with van der Waals surface area (Å²) in [5, 5.41) is 3.30. The van der Waals surface area contributed by atoms with Crippen LogP contribution in [-0.4, -0.2) is 34.9 Å². The molecule has 18 heavy (non-hydrogen) atoms. The van der Waals surface area contributed by atoms with E-state index in [9.17, 15) is 8.42 Å². The number of fused-ring (bicyclic) bond motifs is 1. The van der Waals surface area contributed by atoms with Crippen molar-refractivity contribution >= 4 is 22.2 Å². The van der Waals surface area contributed by atoms with E-state index >= 15 is 0 Å². The molecule has 0 saturated carbocycles. The average Bonchev–Trinajstić information content (AvgIpc) is 2.50. The zero-order valence-electron chi connectivity index (χ0n) is 10.5. The van der Waals surface area contributed by atoms with E-state index in [2.05, 4.69) is 5.32 Å². The van der Waals surface area contributed by atoms with Crippen LogP contribution in [0.4, 0.5) is 0 Å². The van der Waals surface area contributed by atoms with Crippen molar-refractivity contribution in [1.29, 1.82) is 0 Å². The highest BCUT2D eigenvalue weighted by molar-refractivity contribution is 7.90. The lowest BCUT2D eigenvalue weighted by Gasteiger charge is -2.14. The maximum Gasteiger partial charge on any atom is 0.179 e. The third-order valence-electron chi connectivity index (χ3n) is 3.05. The van der Waals surface area contributed by atoms with Gasteiger partial charge in [-0.3, -0.25) is 0 Å². The molecule has 0 atom stereocenters. The molecule has 1 aromatic carbocycles. The van der Waals surface area contributed by atoms with E-state index < -0.39 is 9.84 Å². The monoisotopic (exact) mass is 291 g/mol. The molecule has 1 N–H and O–H groups in total. The van der Waals surface area contributed by atoms with Gasteiger partial charge in [0.1, 0.15) is 10.6 Å². The minimum atomic E-state index is -3.24. The Kier molecular flexibility index (Phi) is 5.01. The van der Waals surface area contributed by atoms with Gasteiger partial charge in [-0.1, -0.05) is 6.07 Å². The molecule has 4 nitrogen and oxygen atoms in total. The van der Waals surface area contributed by atoms with Gasteiger partial charge < -0.3 is 10.1 Å². The number of sulfone groups is 1. The van der Waals surface area contributed by atoms with Crippen LogP contribution in [0.25, 0.3) is 0 Å². The standard InChI is InChI=1S/C12H17NO3S.ClH/c1-16-12-10-6-8-13-7-5-9(10)3-4-11(12)17(2,14)15;/h3-4,13H,5-8H2,1-2H3;1H. The SMILES string of the molecule is COc1c(S(C)(=O)=O)ccc2c1CCNCC2.Cl. The van der Waals surface area contributed by atoms with Crippen LogP contribution in [0.2, 0.25) is 0 Å². The lowest BCUT2D eigenvalue weighted by Crippen LogP contribution is -2.16. The first kappa shape index (κ1) is 15.3. The van der Waals surface area contributed by atoms with Crippen LogP contribution in [0.3, 0.4) is 0 Å². The lowest BCUT2D eigenvalue weighted by atomic mass is 10.0. The molecular weight excluding hydrogens is 274 g/mol. The van der Waals surface area contributed by atoms with Crippen molar-refractivity contribution < 1.29 is 13.2 Å². The van der Waals surface area contributed by atoms with Crippen molar-refractivity contribution in [1.82, 2.24) is 5.32 Å². The predicted molar refractivity (Wildman–Crippen MR) is 73.6 cm³/mol. The Labute approximate surface area is 114 Å². The molecule has 0 amide bonds. The van der Waals surface area contributed by atoms with Gasteiger partial charge in [0.25, 0.3) is 0 Å². The highest BCUT2D eigenvalue weighted by Gasteiger charge is 2.21. The molecule has 0 fully saturated rings. The third kappa shape index (κ3) is 2.96. The molecule has 1 aromatic rings. The summed E-state index contributed by atoms with van der Waals surface area (Å²) >= 11 is 0. The van der Waals surface area contributed by atoms with Crippen LogP contribution >= 0.6 is 12.4 Å². The van der Waals surface area contributed by atoms with Gasteiger partial charge in [-0.2, -0.15) is 0 Å². The van der Waals surface area contributed by atoms with Gasteiger partial charge in [-0.05, 0) is 43.1 Å². The van der Waals surface area contributed by atoms with Crippen molar-refractivity contribution in [2.45, 2.75) is 17.7 Å². The fourth-order valence-electron chi connectivity index (χ4n) is 2.23. The van der Waals surface area contributed by atoms with Crippen LogP contribution in [0, 0.1) is 0 Å². The highest BCUT2D eigenvalue weighted by atomic mass is 35.5. The van der Waals surface area contributed by atoms with Crippen LogP contribution in [-0.2, 0) is 22.7 Å². The Bertz CT molecular complexity index is 528. The van der Waals surface area contributed by atoms with Gasteiger partial charge in [0.2, 0.25) is 0 Å². The Morgan fingerprint density at radius 2 is 1.89 bits per heavy atom. The Morgan fingerprint density at radius 3 is 2.50 bits per heavy atom. The zero-order valence-corrected chi connectivity index (χ0v) is 12.2. The van der Waals surface area contributed by atoms with Crippen molar-refractivity contribution in [3.63, 3.8) is 0 Å². The quantitative estimate of drug-likeness (QED) is 0.890. The van der Waals surface area contributed by atoms with Gasteiger partial charge >= 0.3 is 0 Å². The molecule has 102 valence electrons. The molecule has 6 heteroatoms. The van der Waals surface area contributed by atoms with Gasteiger partial charge in [0, 0.05) is 6.26 Å². The number of hydrogen-bond donors (Lipinski definition) is 1. The topological polar surface area (TPSA) is 55.4 Å². The zero-order chi connectivity index (χ0) is 12.5. The summed E-state index contributed by atoms with van der Waals surface area (Å²) < 4.78 is 28.7. The molecule has 0 aromatic heterocycles. The molecule has 0 radical (unpaired) electrons. The maximum absolute atomic E-state index is 11.7. The van der Waals surface area contributed by atoms with Gasteiger partial charge in [-0.25, -0.2) is 8.42 Å². The van der Waals surface area contributed by atoms with Gasteiger partial charge in [0.15, 0.2) is 9.84 Å². The number of rotatable bonds is 2. The Morgan fingerprint density at radius 1 is 1.22 bits per heavy atom. The molecule has 0 saturated heterocycles. The second kappa shape index (κ2) is 5.91. The van der Waals surface area contributed by atoms with Crippen molar-refractivity contribution in [2.75, 3.05) is 26.5 Å². The van der Waals surface area contributed by atoms with Crippen molar-refractivity contribution in [3.05, 3.63) is 23.3 Å². The first-order chi connectivity index (χ1) is 8.04. The van der Waals surface area contributed by atoms with Crippen LogP contribution in [0.15, 0.2) is 17.0 Å². The Hall–Kier alpha value is -0.780. The first-order valence-corrected chi connectivity index (χ1v) is 7.52. The fraction of sp³-hybridized carbons (Fsp3) is 0.500. The van der Waals surface area contributed by atoms with E-state index in [1.165, 1.54) is 18.9 Å². The molecule has 1 heterocycles. The van der Waals surface area contributed by atoms with E-state index in [-0.39, 0.29) is 12.4 Å². The molecule has 0 bridgehead atoms. The molecular formula is C12H18ClNO3S. The molecule has 0 spiro atoms. The molecule has 0 aliphatic carbocycles. The minimum absolute atomic E-state index is 0. The largest absolute Gasteiger partial charge is 0.495 e. The van der Waals surface area contributed by atoms with E-state index in [1.54, 1.807) is 6.07 Å². The Balaban J connectivity index is 0.00000162. The van der Waals surface area contributed by atoms with Crippen molar-refractivity contribution in [3.8, 4) is 5.75 Å². The van der Waals surface area contributed by atoms with E-state index in [0.29, 0.717) is 10.6 Å². The highest BCUT2D eigenvalue weighted by Crippen LogP contribution is 2.32. The van der Waals surface area contributed by atoms with E-state index in [1.807, 2.05) is 6.07 Å². The first-order valence-electron chi connectivity index (χ1n) is 5.63. The molecule has 0 unspecified atom stereocenters. The summed E-state index contributed by atoms with van der Waals surface area (Å²) in [4.78, 5) is 0.292. The van der Waals surface area contributed by atoms with E-state index in [4.69, 9.17) is 4.74 Å². The maximum atomic E-state index is 11.7. The molecule has 1 aliphatic heterocycles. The predicted octanol–water partition coefficient (Wildman–Crippen LogP) is 1.21. The van der Waals surface area contributed by atoms with Crippen molar-refractivity contribution in [2.24, 2.45) is 0 Å². The average molecular weight is 292 g/mol. The molecule has 2 rings (SSSR count). The normalized spacial score (nSPS) is 15.2. The summed E-state index contributed by atoms with van der Waals surface area (Å²) in [6.07, 6.45) is 2.93. The summed E-state index contributed by atoms with van der Waals surface area (Å²) in [6.45, 7) is 1.78. The number of hydrogen-bond acceptors (Lipinski definition) is 4. The second-order valence-electron chi connectivity index (χ2n) is 4.26. The summed E-state index contributed by atoms with van der Waals surface area (Å²) in [6, 6.07) is 3.56.